The summed E-state index contributed by atoms with van der Waals surface area (Å²) in [6, 6.07) is 15.1. The van der Waals surface area contributed by atoms with E-state index in [2.05, 4.69) is 11.1 Å². The second kappa shape index (κ2) is 4.81. The Kier molecular flexibility index (Phi) is 3.22. The summed E-state index contributed by atoms with van der Waals surface area (Å²) in [5.74, 6) is 0.157. The minimum atomic E-state index is 0.157. The monoisotopic (exact) mass is 230 g/mol. The summed E-state index contributed by atoms with van der Waals surface area (Å²) >= 11 is 5.82. The molecule has 0 unspecified atom stereocenters. The van der Waals surface area contributed by atoms with Gasteiger partial charge in [-0.25, -0.2) is 0 Å². The molecule has 0 aliphatic rings. The largest absolute Gasteiger partial charge is 0.507 e. The summed E-state index contributed by atoms with van der Waals surface area (Å²) in [6.07, 6.45) is 1.56. The van der Waals surface area contributed by atoms with Gasteiger partial charge in [0.2, 0.25) is 0 Å². The molecule has 0 fully saturated rings. The maximum Gasteiger partial charge on any atom is 0.124 e. The summed E-state index contributed by atoms with van der Waals surface area (Å²) in [5.41, 5.74) is 1.30. The van der Waals surface area contributed by atoms with E-state index in [9.17, 15) is 5.11 Å². The van der Waals surface area contributed by atoms with Crippen molar-refractivity contribution in [3.63, 3.8) is 0 Å². The maximum atomic E-state index is 9.55. The van der Waals surface area contributed by atoms with E-state index >= 15 is 0 Å². The van der Waals surface area contributed by atoms with Gasteiger partial charge < -0.3 is 5.11 Å². The van der Waals surface area contributed by atoms with Gasteiger partial charge in [-0.15, -0.1) is 0 Å². The standard InChI is InChI=1S/C13H9ClNO/c14-11-6-7-13(16)10(8-11)9-15-12-4-2-1-3-5-12/h1-4,6-9,16H. The van der Waals surface area contributed by atoms with Crippen molar-refractivity contribution in [1.29, 1.82) is 0 Å². The quantitative estimate of drug-likeness (QED) is 0.786. The number of phenolic OH excluding ortho intramolecular Hbond substituents is 1. The van der Waals surface area contributed by atoms with E-state index in [4.69, 9.17) is 11.6 Å². The third kappa shape index (κ3) is 2.61. The molecule has 0 heterocycles. The zero-order chi connectivity index (χ0) is 11.4. The molecule has 0 aliphatic heterocycles. The van der Waals surface area contributed by atoms with Gasteiger partial charge in [-0.1, -0.05) is 29.8 Å². The smallest absolute Gasteiger partial charge is 0.124 e. The van der Waals surface area contributed by atoms with Gasteiger partial charge in [0, 0.05) is 22.9 Å². The highest BCUT2D eigenvalue weighted by molar-refractivity contribution is 6.30. The fourth-order valence-corrected chi connectivity index (χ4v) is 1.41. The topological polar surface area (TPSA) is 32.6 Å². The average molecular weight is 231 g/mol. The van der Waals surface area contributed by atoms with Gasteiger partial charge in [0.15, 0.2) is 0 Å². The Morgan fingerprint density at radius 1 is 1.25 bits per heavy atom. The second-order valence-corrected chi connectivity index (χ2v) is 3.65. The molecular weight excluding hydrogens is 222 g/mol. The van der Waals surface area contributed by atoms with Crippen LogP contribution in [0.3, 0.4) is 0 Å². The first kappa shape index (κ1) is 10.7. The van der Waals surface area contributed by atoms with Gasteiger partial charge in [-0.3, -0.25) is 4.99 Å². The Morgan fingerprint density at radius 2 is 2.12 bits per heavy atom. The number of hydrogen-bond donors (Lipinski definition) is 1. The van der Waals surface area contributed by atoms with Crippen LogP contribution in [-0.4, -0.2) is 11.3 Å². The second-order valence-electron chi connectivity index (χ2n) is 3.21. The number of rotatable bonds is 2. The molecule has 3 heteroatoms. The summed E-state index contributed by atoms with van der Waals surface area (Å²) in [6.45, 7) is 0. The zero-order valence-corrected chi connectivity index (χ0v) is 9.15. The van der Waals surface area contributed by atoms with Crippen LogP contribution in [0.1, 0.15) is 5.56 Å². The van der Waals surface area contributed by atoms with Crippen LogP contribution in [0.4, 0.5) is 5.69 Å². The predicted octanol–water partition coefficient (Wildman–Crippen LogP) is 3.60. The Hall–Kier alpha value is -1.80. The Balaban J connectivity index is 2.27. The van der Waals surface area contributed by atoms with E-state index in [1.165, 1.54) is 0 Å². The van der Waals surface area contributed by atoms with E-state index in [-0.39, 0.29) is 5.75 Å². The highest BCUT2D eigenvalue weighted by Crippen LogP contribution is 2.20. The van der Waals surface area contributed by atoms with Gasteiger partial charge in [0.05, 0.1) is 5.69 Å². The van der Waals surface area contributed by atoms with Crippen molar-refractivity contribution in [2.75, 3.05) is 0 Å². The lowest BCUT2D eigenvalue weighted by Crippen LogP contribution is -1.81. The molecule has 0 aromatic heterocycles. The minimum Gasteiger partial charge on any atom is -0.507 e. The van der Waals surface area contributed by atoms with E-state index < -0.39 is 0 Å². The molecule has 2 aromatic rings. The van der Waals surface area contributed by atoms with Crippen molar-refractivity contribution in [1.82, 2.24) is 0 Å². The lowest BCUT2D eigenvalue weighted by atomic mass is 10.2. The summed E-state index contributed by atoms with van der Waals surface area (Å²) in [4.78, 5) is 4.18. The van der Waals surface area contributed by atoms with Crippen molar-refractivity contribution in [2.24, 2.45) is 4.99 Å². The van der Waals surface area contributed by atoms with E-state index in [1.807, 2.05) is 18.2 Å². The highest BCUT2D eigenvalue weighted by atomic mass is 35.5. The molecule has 79 valence electrons. The van der Waals surface area contributed by atoms with Crippen LogP contribution < -0.4 is 0 Å². The van der Waals surface area contributed by atoms with Crippen LogP contribution >= 0.6 is 11.6 Å². The molecule has 2 aromatic carbocycles. The third-order valence-corrected chi connectivity index (χ3v) is 2.26. The Morgan fingerprint density at radius 3 is 2.88 bits per heavy atom. The van der Waals surface area contributed by atoms with Crippen LogP contribution in [0.2, 0.25) is 5.02 Å². The van der Waals surface area contributed by atoms with Gasteiger partial charge in [0.1, 0.15) is 5.75 Å². The SMILES string of the molecule is Oc1ccc(Cl)cc1C=Nc1[c]cccc1. The van der Waals surface area contributed by atoms with Gasteiger partial charge in [0.25, 0.3) is 0 Å². The fraction of sp³-hybridized carbons (Fsp3) is 0. The number of phenols is 1. The summed E-state index contributed by atoms with van der Waals surface area (Å²) in [5, 5.41) is 10.1. The third-order valence-electron chi connectivity index (χ3n) is 2.02. The van der Waals surface area contributed by atoms with E-state index in [0.717, 1.165) is 0 Å². The molecule has 0 atom stereocenters. The number of nitrogens with zero attached hydrogens (tertiary/aromatic N) is 1. The van der Waals surface area contributed by atoms with E-state index in [0.29, 0.717) is 16.3 Å². The molecule has 0 spiro atoms. The van der Waals surface area contributed by atoms with E-state index in [1.54, 1.807) is 30.5 Å². The van der Waals surface area contributed by atoms with Crippen LogP contribution in [-0.2, 0) is 0 Å². The zero-order valence-electron chi connectivity index (χ0n) is 8.39. The molecule has 2 nitrogen and oxygen atoms in total. The lowest BCUT2D eigenvalue weighted by Gasteiger charge is -1.98. The average Bonchev–Trinajstić information content (AvgIpc) is 2.32. The molecule has 0 bridgehead atoms. The van der Waals surface area contributed by atoms with Crippen molar-refractivity contribution in [3.05, 3.63) is 59.1 Å². The first-order valence-corrected chi connectivity index (χ1v) is 5.13. The van der Waals surface area contributed by atoms with Crippen molar-refractivity contribution in [3.8, 4) is 5.75 Å². The summed E-state index contributed by atoms with van der Waals surface area (Å²) in [7, 11) is 0. The number of hydrogen-bond acceptors (Lipinski definition) is 2. The first-order chi connectivity index (χ1) is 7.75. The normalized spacial score (nSPS) is 10.8. The number of halogens is 1. The maximum absolute atomic E-state index is 9.55. The molecule has 0 saturated carbocycles. The highest BCUT2D eigenvalue weighted by Gasteiger charge is 1.98. The lowest BCUT2D eigenvalue weighted by molar-refractivity contribution is 0.474. The number of benzene rings is 2. The Bertz CT molecular complexity index is 509. The number of para-hydroxylation sites is 1. The van der Waals surface area contributed by atoms with Crippen LogP contribution in [0.25, 0.3) is 0 Å². The van der Waals surface area contributed by atoms with Crippen LogP contribution in [0.5, 0.6) is 5.75 Å². The molecule has 1 radical (unpaired) electrons. The predicted molar refractivity (Wildman–Crippen MR) is 65.6 cm³/mol. The minimum absolute atomic E-state index is 0.157. The number of aromatic hydroxyl groups is 1. The van der Waals surface area contributed by atoms with Gasteiger partial charge in [-0.05, 0) is 24.3 Å². The molecule has 1 N–H and O–H groups in total. The van der Waals surface area contributed by atoms with Crippen molar-refractivity contribution in [2.45, 2.75) is 0 Å². The molecule has 2 rings (SSSR count). The summed E-state index contributed by atoms with van der Waals surface area (Å²) < 4.78 is 0. The van der Waals surface area contributed by atoms with Gasteiger partial charge in [-0.2, -0.15) is 0 Å². The van der Waals surface area contributed by atoms with Crippen molar-refractivity contribution >= 4 is 23.5 Å². The van der Waals surface area contributed by atoms with Gasteiger partial charge >= 0.3 is 0 Å². The molecule has 0 aliphatic carbocycles. The molecule has 0 amide bonds. The van der Waals surface area contributed by atoms with Crippen molar-refractivity contribution < 1.29 is 5.11 Å². The first-order valence-electron chi connectivity index (χ1n) is 4.75. The molecular formula is C13H9ClNO. The van der Waals surface area contributed by atoms with Crippen LogP contribution in [0.15, 0.2) is 47.5 Å². The number of aliphatic imine (C=N–C) groups is 1. The fourth-order valence-electron chi connectivity index (χ4n) is 1.23. The molecule has 16 heavy (non-hydrogen) atoms. The molecule has 0 saturated heterocycles. The Labute approximate surface area is 98.8 Å². The van der Waals surface area contributed by atoms with Crippen LogP contribution in [0, 0.1) is 6.07 Å².